The van der Waals surface area contributed by atoms with Crippen LogP contribution >= 0.6 is 11.6 Å². The Balaban J connectivity index is 1.37. The first kappa shape index (κ1) is 24.6. The smallest absolute Gasteiger partial charge is 0.287 e. The van der Waals surface area contributed by atoms with Crippen LogP contribution in [-0.4, -0.2) is 74.8 Å². The molecule has 0 amide bonds. The van der Waals surface area contributed by atoms with E-state index in [9.17, 15) is 13.6 Å². The summed E-state index contributed by atoms with van der Waals surface area (Å²) in [5.41, 5.74) is 2.06. The van der Waals surface area contributed by atoms with Crippen molar-refractivity contribution in [2.45, 2.75) is 38.7 Å². The monoisotopic (exact) mass is 522 g/mol. The van der Waals surface area contributed by atoms with Gasteiger partial charge in [0.15, 0.2) is 12.3 Å². The van der Waals surface area contributed by atoms with E-state index in [0.717, 1.165) is 16.6 Å². The first-order valence-corrected chi connectivity index (χ1v) is 11.9. The summed E-state index contributed by atoms with van der Waals surface area (Å²) in [6.45, 7) is 4.53. The number of pyridine rings is 1. The van der Waals surface area contributed by atoms with Gasteiger partial charge in [0, 0.05) is 22.9 Å². The molecule has 3 aromatic rings. The summed E-state index contributed by atoms with van der Waals surface area (Å²) < 4.78 is 43.7. The van der Waals surface area contributed by atoms with Gasteiger partial charge in [0.05, 0.1) is 69.3 Å². The van der Waals surface area contributed by atoms with Crippen molar-refractivity contribution < 1.29 is 23.4 Å². The van der Waals surface area contributed by atoms with Crippen molar-refractivity contribution in [1.82, 2.24) is 24.5 Å². The quantitative estimate of drug-likeness (QED) is 0.502. The minimum absolute atomic E-state index is 0.00115. The third kappa shape index (κ3) is 4.33. The molecule has 3 aromatic heterocycles. The van der Waals surface area contributed by atoms with Gasteiger partial charge >= 0.3 is 0 Å². The average Bonchev–Trinajstić information content (AvgIpc) is 3.30. The number of nitrogens with zero attached hydrogens (tertiary/aromatic N) is 6. The molecule has 2 fully saturated rings. The Hall–Kier alpha value is -3.09. The molecule has 0 aromatic carbocycles. The number of alkyl halides is 1. The lowest BCUT2D eigenvalue weighted by Crippen LogP contribution is -2.32. The van der Waals surface area contributed by atoms with Crippen LogP contribution in [0.4, 0.5) is 14.5 Å². The van der Waals surface area contributed by atoms with Crippen LogP contribution in [0.15, 0.2) is 23.3 Å². The maximum atomic E-state index is 14.9. The highest BCUT2D eigenvalue weighted by molar-refractivity contribution is 6.33. The molecule has 13 heteroatoms. The number of hydrogen-bond acceptors (Lipinski definition) is 8. The summed E-state index contributed by atoms with van der Waals surface area (Å²) in [6, 6.07) is 1.57. The van der Waals surface area contributed by atoms with Crippen LogP contribution in [0, 0.1) is 19.7 Å². The van der Waals surface area contributed by atoms with E-state index in [-0.39, 0.29) is 54.4 Å². The molecule has 0 radical (unpaired) electrons. The van der Waals surface area contributed by atoms with E-state index < -0.39 is 23.7 Å². The molecule has 2 aliphatic heterocycles. The van der Waals surface area contributed by atoms with E-state index in [1.165, 1.54) is 12.3 Å². The van der Waals surface area contributed by atoms with Crippen LogP contribution in [-0.2, 0) is 11.3 Å². The second kappa shape index (κ2) is 9.75. The van der Waals surface area contributed by atoms with Gasteiger partial charge in [0.1, 0.15) is 10.8 Å². The van der Waals surface area contributed by atoms with E-state index in [2.05, 4.69) is 15.2 Å². The normalized spacial score (nSPS) is 20.1. The summed E-state index contributed by atoms with van der Waals surface area (Å²) in [5, 5.41) is 17.5. The molecule has 10 nitrogen and oxygen atoms in total. The lowest BCUT2D eigenvalue weighted by molar-refractivity contribution is -0.0295. The number of aliphatic hydroxyl groups is 1. The summed E-state index contributed by atoms with van der Waals surface area (Å²) in [4.78, 5) is 17.9. The Labute approximate surface area is 210 Å². The van der Waals surface area contributed by atoms with Crippen LogP contribution in [0.2, 0.25) is 5.02 Å². The van der Waals surface area contributed by atoms with Crippen LogP contribution in [0.1, 0.15) is 17.4 Å². The first-order valence-electron chi connectivity index (χ1n) is 11.5. The topological polar surface area (TPSA) is 108 Å². The molecule has 0 saturated carbocycles. The first-order chi connectivity index (χ1) is 17.3. The van der Waals surface area contributed by atoms with E-state index in [4.69, 9.17) is 26.2 Å². The van der Waals surface area contributed by atoms with E-state index in [1.807, 2.05) is 11.6 Å². The zero-order chi connectivity index (χ0) is 25.6. The van der Waals surface area contributed by atoms with Crippen molar-refractivity contribution in [2.75, 3.05) is 37.8 Å². The number of anilines is 1. The second-order valence-corrected chi connectivity index (χ2v) is 9.23. The highest BCUT2D eigenvalue weighted by Gasteiger charge is 2.37. The van der Waals surface area contributed by atoms with Gasteiger partial charge in [-0.2, -0.15) is 10.2 Å². The molecule has 36 heavy (non-hydrogen) atoms. The summed E-state index contributed by atoms with van der Waals surface area (Å²) >= 11 is 6.21. The standard InChI is InChI=1S/C23H25ClF2N6O4/c1-12-21(13(2)32(29-12)14-10-35-11-14)15-5-20(27-6-16(15)25)36-19-9-30(8-17(19)26)18-7-28-31(3-4-33)23(34)22(18)24/h5-7,14,17,19,33H,3-4,8-11H2,1-2H3/t17-,19-/m0/s1. The average molecular weight is 523 g/mol. The fourth-order valence-electron chi connectivity index (χ4n) is 4.58. The molecule has 2 atom stereocenters. The molecular formula is C23H25ClF2N6O4. The van der Waals surface area contributed by atoms with Crippen molar-refractivity contribution in [3.8, 4) is 17.0 Å². The molecule has 2 saturated heterocycles. The molecule has 1 N–H and O–H groups in total. The number of aliphatic hydroxyl groups excluding tert-OH is 1. The van der Waals surface area contributed by atoms with E-state index in [1.54, 1.807) is 11.8 Å². The molecule has 0 bridgehead atoms. The largest absolute Gasteiger partial charge is 0.469 e. The summed E-state index contributed by atoms with van der Waals surface area (Å²) in [6.07, 6.45) is 0.0680. The molecular weight excluding hydrogens is 498 g/mol. The van der Waals surface area contributed by atoms with Gasteiger partial charge < -0.3 is 19.5 Å². The predicted octanol–water partition coefficient (Wildman–Crippen LogP) is 2.08. The highest BCUT2D eigenvalue weighted by atomic mass is 35.5. The second-order valence-electron chi connectivity index (χ2n) is 8.86. The molecule has 2 aliphatic rings. The zero-order valence-corrected chi connectivity index (χ0v) is 20.5. The number of halogens is 3. The van der Waals surface area contributed by atoms with Crippen LogP contribution in [0.5, 0.6) is 5.88 Å². The summed E-state index contributed by atoms with van der Waals surface area (Å²) in [5.74, 6) is -0.467. The van der Waals surface area contributed by atoms with Crippen LogP contribution in [0.3, 0.4) is 0 Å². The van der Waals surface area contributed by atoms with Gasteiger partial charge in [-0.1, -0.05) is 11.6 Å². The SMILES string of the molecule is Cc1nn(C2COC2)c(C)c1-c1cc(O[C@H]2CN(c3cnn(CCO)c(=O)c3Cl)C[C@@H]2F)ncc1F. The fourth-order valence-corrected chi connectivity index (χ4v) is 4.84. The number of hydrogen-bond donors (Lipinski definition) is 1. The maximum absolute atomic E-state index is 14.9. The molecule has 0 spiro atoms. The fraction of sp³-hybridized carbons (Fsp3) is 0.478. The zero-order valence-electron chi connectivity index (χ0n) is 19.7. The third-order valence-corrected chi connectivity index (χ3v) is 6.84. The molecule has 5 heterocycles. The van der Waals surface area contributed by atoms with Crippen molar-refractivity contribution >= 4 is 17.3 Å². The minimum atomic E-state index is -1.42. The number of aryl methyl sites for hydroxylation is 1. The highest BCUT2D eigenvalue weighted by Crippen LogP contribution is 2.34. The number of aromatic nitrogens is 5. The van der Waals surface area contributed by atoms with Gasteiger partial charge in [-0.25, -0.2) is 18.4 Å². The van der Waals surface area contributed by atoms with Crippen molar-refractivity contribution in [3.05, 3.63) is 51.0 Å². The van der Waals surface area contributed by atoms with Crippen molar-refractivity contribution in [2.24, 2.45) is 0 Å². The lowest BCUT2D eigenvalue weighted by atomic mass is 10.0. The number of ether oxygens (including phenoxy) is 2. The number of rotatable bonds is 7. The van der Waals surface area contributed by atoms with E-state index in [0.29, 0.717) is 24.5 Å². The minimum Gasteiger partial charge on any atom is -0.469 e. The Kier molecular flexibility index (Phi) is 6.66. The Morgan fingerprint density at radius 1 is 1.28 bits per heavy atom. The van der Waals surface area contributed by atoms with Gasteiger partial charge in [-0.3, -0.25) is 9.48 Å². The summed E-state index contributed by atoms with van der Waals surface area (Å²) in [7, 11) is 0. The van der Waals surface area contributed by atoms with Crippen molar-refractivity contribution in [1.29, 1.82) is 0 Å². The lowest BCUT2D eigenvalue weighted by Gasteiger charge is -2.27. The molecule has 0 unspecified atom stereocenters. The molecule has 5 rings (SSSR count). The van der Waals surface area contributed by atoms with Crippen LogP contribution < -0.4 is 15.2 Å². The maximum Gasteiger partial charge on any atom is 0.287 e. The Morgan fingerprint density at radius 2 is 2.06 bits per heavy atom. The molecule has 0 aliphatic carbocycles. The van der Waals surface area contributed by atoms with E-state index >= 15 is 0 Å². The Morgan fingerprint density at radius 3 is 2.75 bits per heavy atom. The Bertz CT molecular complexity index is 1340. The van der Waals surface area contributed by atoms with Crippen LogP contribution in [0.25, 0.3) is 11.1 Å². The predicted molar refractivity (Wildman–Crippen MR) is 127 cm³/mol. The van der Waals surface area contributed by atoms with Crippen molar-refractivity contribution in [3.63, 3.8) is 0 Å². The van der Waals surface area contributed by atoms with Gasteiger partial charge in [-0.05, 0) is 13.8 Å². The van der Waals surface area contributed by atoms with Gasteiger partial charge in [0.2, 0.25) is 5.88 Å². The van der Waals surface area contributed by atoms with Gasteiger partial charge in [0.25, 0.3) is 5.56 Å². The third-order valence-electron chi connectivity index (χ3n) is 6.48. The van der Waals surface area contributed by atoms with Gasteiger partial charge in [-0.15, -0.1) is 0 Å². The molecule has 192 valence electrons.